The number of rotatable bonds is 11. The summed E-state index contributed by atoms with van der Waals surface area (Å²) >= 11 is 0. The highest BCUT2D eigenvalue weighted by Crippen LogP contribution is 2.31. The maximum atomic E-state index is 9.59. The standard InChI is InChI=1S/C18H27N5O4/c1-4-5-6-12(10-24)22-17-15(9-21-18(19)23-17)27-11-13-16(26-3)14(25-2)7-8-20-13/h7-9,12,24H,4-6,10-11H2,1-3H3,(H3,19,21,22,23)/t12-/m0/s1. The molecule has 0 bridgehead atoms. The van der Waals surface area contributed by atoms with E-state index >= 15 is 0 Å². The summed E-state index contributed by atoms with van der Waals surface area (Å²) in [7, 11) is 3.10. The summed E-state index contributed by atoms with van der Waals surface area (Å²) in [6.07, 6.45) is 5.94. The van der Waals surface area contributed by atoms with Crippen LogP contribution in [0.1, 0.15) is 31.9 Å². The Morgan fingerprint density at radius 3 is 2.70 bits per heavy atom. The molecule has 0 aliphatic heterocycles. The maximum Gasteiger partial charge on any atom is 0.222 e. The number of nitrogen functional groups attached to an aromatic ring is 1. The molecule has 0 aliphatic carbocycles. The normalized spacial score (nSPS) is 11.7. The minimum Gasteiger partial charge on any atom is -0.493 e. The predicted molar refractivity (Wildman–Crippen MR) is 102 cm³/mol. The van der Waals surface area contributed by atoms with Crippen LogP contribution >= 0.6 is 0 Å². The van der Waals surface area contributed by atoms with Crippen LogP contribution in [0.5, 0.6) is 17.2 Å². The Balaban J connectivity index is 2.17. The van der Waals surface area contributed by atoms with Gasteiger partial charge in [-0.3, -0.25) is 4.98 Å². The fourth-order valence-electron chi connectivity index (χ4n) is 2.55. The van der Waals surface area contributed by atoms with Crippen molar-refractivity contribution >= 4 is 11.8 Å². The van der Waals surface area contributed by atoms with E-state index in [-0.39, 0.29) is 25.2 Å². The lowest BCUT2D eigenvalue weighted by Crippen LogP contribution is -2.25. The lowest BCUT2D eigenvalue weighted by molar-refractivity contribution is 0.264. The highest BCUT2D eigenvalue weighted by molar-refractivity contribution is 5.52. The van der Waals surface area contributed by atoms with Gasteiger partial charge in [-0.05, 0) is 6.42 Å². The number of anilines is 2. The number of unbranched alkanes of at least 4 members (excludes halogenated alkanes) is 1. The molecule has 27 heavy (non-hydrogen) atoms. The van der Waals surface area contributed by atoms with Crippen LogP contribution in [-0.4, -0.2) is 46.9 Å². The van der Waals surface area contributed by atoms with Gasteiger partial charge in [0.1, 0.15) is 12.3 Å². The molecule has 1 atom stereocenters. The number of nitrogens with one attached hydrogen (secondary N) is 1. The summed E-state index contributed by atoms with van der Waals surface area (Å²) in [6.45, 7) is 2.20. The first-order chi connectivity index (χ1) is 13.1. The van der Waals surface area contributed by atoms with E-state index in [0.29, 0.717) is 28.8 Å². The van der Waals surface area contributed by atoms with Crippen LogP contribution in [0.25, 0.3) is 0 Å². The summed E-state index contributed by atoms with van der Waals surface area (Å²) in [4.78, 5) is 12.5. The van der Waals surface area contributed by atoms with Crippen molar-refractivity contribution in [2.75, 3.05) is 31.9 Å². The van der Waals surface area contributed by atoms with E-state index in [9.17, 15) is 5.11 Å². The van der Waals surface area contributed by atoms with Crippen LogP contribution in [0.4, 0.5) is 11.8 Å². The van der Waals surface area contributed by atoms with Crippen LogP contribution in [0.2, 0.25) is 0 Å². The average molecular weight is 377 g/mol. The van der Waals surface area contributed by atoms with Gasteiger partial charge >= 0.3 is 0 Å². The molecule has 2 aromatic rings. The number of nitrogens with two attached hydrogens (primary N) is 1. The van der Waals surface area contributed by atoms with Gasteiger partial charge in [-0.25, -0.2) is 4.98 Å². The summed E-state index contributed by atoms with van der Waals surface area (Å²) < 4.78 is 16.5. The van der Waals surface area contributed by atoms with E-state index in [2.05, 4.69) is 27.2 Å². The van der Waals surface area contributed by atoms with Gasteiger partial charge in [0.25, 0.3) is 0 Å². The topological polar surface area (TPSA) is 125 Å². The van der Waals surface area contributed by atoms with Gasteiger partial charge in [-0.1, -0.05) is 19.8 Å². The fraction of sp³-hybridized carbons (Fsp3) is 0.500. The summed E-state index contributed by atoms with van der Waals surface area (Å²) in [5, 5.41) is 12.8. The van der Waals surface area contributed by atoms with Crippen molar-refractivity contribution in [3.05, 3.63) is 24.2 Å². The van der Waals surface area contributed by atoms with E-state index in [4.69, 9.17) is 19.9 Å². The summed E-state index contributed by atoms with van der Waals surface area (Å²) in [6, 6.07) is 1.56. The molecule has 148 valence electrons. The second-order valence-electron chi connectivity index (χ2n) is 5.89. The fourth-order valence-corrected chi connectivity index (χ4v) is 2.55. The first kappa shape index (κ1) is 20.5. The van der Waals surface area contributed by atoms with Gasteiger partial charge in [-0.15, -0.1) is 0 Å². The van der Waals surface area contributed by atoms with E-state index in [1.807, 2.05) is 0 Å². The summed E-state index contributed by atoms with van der Waals surface area (Å²) in [5.74, 6) is 2.03. The number of aromatic nitrogens is 3. The second kappa shape index (κ2) is 10.4. The number of aliphatic hydroxyl groups excluding tert-OH is 1. The van der Waals surface area contributed by atoms with Gasteiger partial charge in [0, 0.05) is 12.3 Å². The highest BCUT2D eigenvalue weighted by Gasteiger charge is 2.16. The monoisotopic (exact) mass is 377 g/mol. The Morgan fingerprint density at radius 1 is 1.22 bits per heavy atom. The first-order valence-electron chi connectivity index (χ1n) is 8.81. The zero-order valence-corrected chi connectivity index (χ0v) is 15.9. The molecule has 9 nitrogen and oxygen atoms in total. The molecule has 0 unspecified atom stereocenters. The molecular formula is C18H27N5O4. The lowest BCUT2D eigenvalue weighted by Gasteiger charge is -2.19. The van der Waals surface area contributed by atoms with Gasteiger partial charge in [0.15, 0.2) is 23.1 Å². The Bertz CT molecular complexity index is 729. The zero-order valence-electron chi connectivity index (χ0n) is 15.9. The number of ether oxygens (including phenoxy) is 3. The Kier molecular flexibility index (Phi) is 7.87. The molecule has 0 aliphatic rings. The van der Waals surface area contributed by atoms with E-state index in [0.717, 1.165) is 19.3 Å². The molecule has 0 saturated carbocycles. The van der Waals surface area contributed by atoms with Crippen molar-refractivity contribution in [1.82, 2.24) is 15.0 Å². The molecule has 4 N–H and O–H groups in total. The van der Waals surface area contributed by atoms with Crippen molar-refractivity contribution in [2.45, 2.75) is 38.8 Å². The number of methoxy groups -OCH3 is 2. The largest absolute Gasteiger partial charge is 0.493 e. The van der Waals surface area contributed by atoms with Crippen molar-refractivity contribution in [2.24, 2.45) is 0 Å². The van der Waals surface area contributed by atoms with E-state index in [1.165, 1.54) is 6.20 Å². The van der Waals surface area contributed by atoms with Crippen LogP contribution in [0, 0.1) is 0 Å². The predicted octanol–water partition coefficient (Wildman–Crippen LogP) is 2.01. The highest BCUT2D eigenvalue weighted by atomic mass is 16.5. The van der Waals surface area contributed by atoms with Crippen LogP contribution in [-0.2, 0) is 6.61 Å². The van der Waals surface area contributed by atoms with Crippen molar-refractivity contribution in [3.8, 4) is 17.2 Å². The second-order valence-corrected chi connectivity index (χ2v) is 5.89. The minimum atomic E-state index is -0.147. The quantitative estimate of drug-likeness (QED) is 0.539. The van der Waals surface area contributed by atoms with Crippen molar-refractivity contribution in [3.63, 3.8) is 0 Å². The molecule has 0 saturated heterocycles. The molecule has 2 aromatic heterocycles. The van der Waals surface area contributed by atoms with Crippen molar-refractivity contribution in [1.29, 1.82) is 0 Å². The summed E-state index contributed by atoms with van der Waals surface area (Å²) in [5.41, 5.74) is 6.28. The number of nitrogens with zero attached hydrogens (tertiary/aromatic N) is 3. The Morgan fingerprint density at radius 2 is 2.04 bits per heavy atom. The van der Waals surface area contributed by atoms with Gasteiger partial charge in [0.05, 0.1) is 33.1 Å². The third-order valence-electron chi connectivity index (χ3n) is 3.97. The van der Waals surface area contributed by atoms with Gasteiger partial charge in [0.2, 0.25) is 5.95 Å². The average Bonchev–Trinajstić information content (AvgIpc) is 2.69. The van der Waals surface area contributed by atoms with Crippen LogP contribution in [0.15, 0.2) is 18.5 Å². The van der Waals surface area contributed by atoms with Crippen molar-refractivity contribution < 1.29 is 19.3 Å². The molecular weight excluding hydrogens is 350 g/mol. The third-order valence-corrected chi connectivity index (χ3v) is 3.97. The molecule has 0 spiro atoms. The number of hydrogen-bond donors (Lipinski definition) is 3. The van der Waals surface area contributed by atoms with E-state index < -0.39 is 0 Å². The Hall–Kier alpha value is -2.81. The molecule has 0 aromatic carbocycles. The Labute approximate surface area is 158 Å². The zero-order chi connectivity index (χ0) is 19.6. The number of aliphatic hydroxyl groups is 1. The first-order valence-corrected chi connectivity index (χ1v) is 8.81. The van der Waals surface area contributed by atoms with Crippen LogP contribution < -0.4 is 25.3 Å². The number of pyridine rings is 1. The lowest BCUT2D eigenvalue weighted by atomic mass is 10.1. The SMILES string of the molecule is CCCC[C@@H](CO)Nc1nc(N)ncc1OCc1nccc(OC)c1OC. The molecule has 9 heteroatoms. The molecule has 0 amide bonds. The minimum absolute atomic E-state index is 0.0192. The molecule has 0 fully saturated rings. The molecule has 0 radical (unpaired) electrons. The van der Waals surface area contributed by atoms with Crippen LogP contribution in [0.3, 0.4) is 0 Å². The van der Waals surface area contributed by atoms with Gasteiger partial charge in [-0.2, -0.15) is 4.98 Å². The molecule has 2 heterocycles. The van der Waals surface area contributed by atoms with Gasteiger partial charge < -0.3 is 30.4 Å². The number of hydrogen-bond acceptors (Lipinski definition) is 9. The van der Waals surface area contributed by atoms with E-state index in [1.54, 1.807) is 26.5 Å². The smallest absolute Gasteiger partial charge is 0.222 e. The molecule has 2 rings (SSSR count). The third kappa shape index (κ3) is 5.58. The maximum absolute atomic E-state index is 9.59.